The molecule has 2 heterocycles. The summed E-state index contributed by atoms with van der Waals surface area (Å²) >= 11 is 0. The number of fused-ring (bicyclic) bond motifs is 4. The van der Waals surface area contributed by atoms with E-state index in [2.05, 4.69) is 55.4 Å². The molecule has 12 rings (SSSR count). The van der Waals surface area contributed by atoms with Crippen LogP contribution in [0.15, 0.2) is 121 Å². The number of carbonyl (C=O) groups is 6. The van der Waals surface area contributed by atoms with Gasteiger partial charge in [0.2, 0.25) is 0 Å². The van der Waals surface area contributed by atoms with Gasteiger partial charge in [0.05, 0.1) is 11.4 Å². The number of para-hydroxylation sites is 2. The molecule has 0 radical (unpaired) electrons. The maximum absolute atomic E-state index is 15.6. The number of hydrogen-bond acceptors (Lipinski definition) is 6. The minimum Gasteiger partial charge on any atom is -0.289 e. The zero-order valence-corrected chi connectivity index (χ0v) is 40.2. The Hall–Kier alpha value is -8.10. The summed E-state index contributed by atoms with van der Waals surface area (Å²) in [4.78, 5) is 92.1. The lowest BCUT2D eigenvalue weighted by molar-refractivity contribution is 0.0877. The molecule has 0 N–H and O–H groups in total. The molecule has 0 fully saturated rings. The van der Waals surface area contributed by atoms with Gasteiger partial charge in [0, 0.05) is 55.3 Å². The quantitative estimate of drug-likeness (QED) is 0.0895. The molecule has 2 aliphatic heterocycles. The number of anilines is 2. The zero-order valence-electron chi connectivity index (χ0n) is 40.2. The standard InChI is InChI=1S/C62H48N2O6/c1-29(2)34-15-11-16-35(30(3)4)55(34)63-59(67)44-24-21-38-39-22-25-46-53-49(62(70)64(61(46)69)56-36(31(5)6)17-12-18-37(56)32(7)8)28-47(51(54(39)53)43-23-26-45(60(63)68)52(44)50(38)43)33-19-20-42-48(27-33)58(66)41-14-10-9-13-40(41)57(42)65/h9-32H,1-8H3. The molecule has 0 atom stereocenters. The predicted molar refractivity (Wildman–Crippen MR) is 278 cm³/mol. The van der Waals surface area contributed by atoms with Crippen LogP contribution < -0.4 is 9.80 Å². The Labute approximate surface area is 404 Å². The molecule has 9 aromatic rings. The van der Waals surface area contributed by atoms with Crippen LogP contribution in [0.1, 0.15) is 175 Å². The topological polar surface area (TPSA) is 109 Å². The van der Waals surface area contributed by atoms with Crippen molar-refractivity contribution in [3.05, 3.63) is 188 Å². The maximum Gasteiger partial charge on any atom is 0.266 e. The van der Waals surface area contributed by atoms with E-state index >= 15 is 19.2 Å². The zero-order chi connectivity index (χ0) is 48.9. The lowest BCUT2D eigenvalue weighted by Gasteiger charge is -2.34. The Bertz CT molecular complexity index is 3850. The molecule has 342 valence electrons. The molecule has 3 aliphatic rings. The molecule has 0 aromatic heterocycles. The monoisotopic (exact) mass is 916 g/mol. The number of rotatable bonds is 7. The number of hydrogen-bond donors (Lipinski definition) is 0. The first-order valence-electron chi connectivity index (χ1n) is 24.2. The van der Waals surface area contributed by atoms with Gasteiger partial charge in [-0.3, -0.25) is 28.8 Å². The third kappa shape index (κ3) is 5.70. The Morgan fingerprint density at radius 3 is 1.16 bits per heavy atom. The van der Waals surface area contributed by atoms with E-state index in [9.17, 15) is 9.59 Å². The summed E-state index contributed by atoms with van der Waals surface area (Å²) in [6, 6.07) is 37.0. The minimum atomic E-state index is -0.467. The molecule has 0 spiro atoms. The van der Waals surface area contributed by atoms with Crippen molar-refractivity contribution in [2.24, 2.45) is 0 Å². The first-order chi connectivity index (χ1) is 33.6. The number of carbonyl (C=O) groups excluding carboxylic acids is 6. The largest absolute Gasteiger partial charge is 0.289 e. The lowest BCUT2D eigenvalue weighted by atomic mass is 9.78. The van der Waals surface area contributed by atoms with Gasteiger partial charge in [-0.1, -0.05) is 140 Å². The Morgan fingerprint density at radius 1 is 0.300 bits per heavy atom. The predicted octanol–water partition coefficient (Wildman–Crippen LogP) is 14.3. The first kappa shape index (κ1) is 43.2. The molecule has 8 heteroatoms. The maximum atomic E-state index is 15.6. The van der Waals surface area contributed by atoms with Gasteiger partial charge in [-0.2, -0.15) is 0 Å². The Kier molecular flexibility index (Phi) is 9.38. The number of benzene rings is 9. The lowest BCUT2D eigenvalue weighted by Crippen LogP contribution is -2.42. The van der Waals surface area contributed by atoms with Gasteiger partial charge in [-0.15, -0.1) is 0 Å². The van der Waals surface area contributed by atoms with Crippen molar-refractivity contribution < 1.29 is 28.8 Å². The van der Waals surface area contributed by atoms with Gasteiger partial charge >= 0.3 is 0 Å². The molecule has 4 amide bonds. The highest BCUT2D eigenvalue weighted by Gasteiger charge is 2.42. The third-order valence-corrected chi connectivity index (χ3v) is 15.1. The van der Waals surface area contributed by atoms with E-state index in [1.807, 2.05) is 66.7 Å². The van der Waals surface area contributed by atoms with Gasteiger partial charge in [-0.25, -0.2) is 9.80 Å². The average Bonchev–Trinajstić information content (AvgIpc) is 3.35. The van der Waals surface area contributed by atoms with Crippen LogP contribution in [0.5, 0.6) is 0 Å². The summed E-state index contributed by atoms with van der Waals surface area (Å²) < 4.78 is 0. The van der Waals surface area contributed by atoms with E-state index in [0.717, 1.165) is 33.0 Å². The van der Waals surface area contributed by atoms with Crippen LogP contribution in [0.3, 0.4) is 0 Å². The van der Waals surface area contributed by atoms with Crippen LogP contribution >= 0.6 is 0 Å². The molecule has 8 nitrogen and oxygen atoms in total. The highest BCUT2D eigenvalue weighted by atomic mass is 16.2. The Morgan fingerprint density at radius 2 is 0.686 bits per heavy atom. The van der Waals surface area contributed by atoms with Crippen LogP contribution in [0.2, 0.25) is 0 Å². The van der Waals surface area contributed by atoms with Gasteiger partial charge in [-0.05, 0) is 126 Å². The highest BCUT2D eigenvalue weighted by molar-refractivity contribution is 6.47. The van der Waals surface area contributed by atoms with Gasteiger partial charge in [0.25, 0.3) is 23.6 Å². The van der Waals surface area contributed by atoms with Gasteiger partial charge < -0.3 is 0 Å². The molecular formula is C62H48N2O6. The molecule has 70 heavy (non-hydrogen) atoms. The van der Waals surface area contributed by atoms with Crippen molar-refractivity contribution in [2.75, 3.05) is 9.80 Å². The smallest absolute Gasteiger partial charge is 0.266 e. The normalized spacial score (nSPS) is 14.6. The van der Waals surface area contributed by atoms with E-state index in [1.54, 1.807) is 54.6 Å². The highest BCUT2D eigenvalue weighted by Crippen LogP contribution is 2.52. The molecule has 9 aromatic carbocycles. The molecular weight excluding hydrogens is 869 g/mol. The van der Waals surface area contributed by atoms with Gasteiger partial charge in [0.15, 0.2) is 11.6 Å². The van der Waals surface area contributed by atoms with E-state index in [0.29, 0.717) is 88.2 Å². The summed E-state index contributed by atoms with van der Waals surface area (Å²) in [6.45, 7) is 16.5. The SMILES string of the molecule is CC(C)c1cccc(C(C)C)c1N1C(=O)c2ccc3c4ccc5c6c(cc(-c7ccc8c(c7)C(=O)c7ccccc7C8=O)c(c7ccc(c2c37)C1=O)c64)C(=O)N(c1c(C(C)C)cccc1C(C)C)C5=O. The molecule has 1 aliphatic carbocycles. The van der Waals surface area contributed by atoms with Crippen molar-refractivity contribution >= 4 is 89.7 Å². The summed E-state index contributed by atoms with van der Waals surface area (Å²) in [5.74, 6) is -2.20. The Balaban J connectivity index is 1.18. The van der Waals surface area contributed by atoms with E-state index in [-0.39, 0.29) is 46.4 Å². The number of nitrogens with zero attached hydrogens (tertiary/aromatic N) is 2. The number of imide groups is 2. The molecule has 0 bridgehead atoms. The average molecular weight is 917 g/mol. The van der Waals surface area contributed by atoms with Crippen LogP contribution in [0.25, 0.3) is 54.2 Å². The van der Waals surface area contributed by atoms with E-state index < -0.39 is 23.6 Å². The molecule has 0 saturated heterocycles. The fourth-order valence-corrected chi connectivity index (χ4v) is 11.8. The van der Waals surface area contributed by atoms with Crippen molar-refractivity contribution in [3.63, 3.8) is 0 Å². The second-order valence-corrected chi connectivity index (χ2v) is 20.4. The van der Waals surface area contributed by atoms with Crippen LogP contribution in [0.4, 0.5) is 11.4 Å². The van der Waals surface area contributed by atoms with Crippen LogP contribution in [0, 0.1) is 0 Å². The van der Waals surface area contributed by atoms with Crippen molar-refractivity contribution in [3.8, 4) is 11.1 Å². The van der Waals surface area contributed by atoms with Crippen molar-refractivity contribution in [1.29, 1.82) is 0 Å². The van der Waals surface area contributed by atoms with Crippen molar-refractivity contribution in [2.45, 2.75) is 79.1 Å². The summed E-state index contributed by atoms with van der Waals surface area (Å²) in [5.41, 5.74) is 8.64. The van der Waals surface area contributed by atoms with E-state index in [1.165, 1.54) is 9.80 Å². The second kappa shape index (κ2) is 15.2. The third-order valence-electron chi connectivity index (χ3n) is 15.1. The minimum absolute atomic E-state index is 0.00541. The summed E-state index contributed by atoms with van der Waals surface area (Å²) in [5, 5.41) is 5.32. The second-order valence-electron chi connectivity index (χ2n) is 20.4. The summed E-state index contributed by atoms with van der Waals surface area (Å²) in [6.07, 6.45) is 0. The van der Waals surface area contributed by atoms with Crippen LogP contribution in [-0.4, -0.2) is 35.2 Å². The fraction of sp³-hybridized carbons (Fsp3) is 0.194. The van der Waals surface area contributed by atoms with Crippen LogP contribution in [-0.2, 0) is 0 Å². The van der Waals surface area contributed by atoms with E-state index in [4.69, 9.17) is 0 Å². The number of ketones is 2. The molecule has 0 unspecified atom stereocenters. The molecule has 0 saturated carbocycles. The fourth-order valence-electron chi connectivity index (χ4n) is 11.8. The number of amides is 4. The first-order valence-corrected chi connectivity index (χ1v) is 24.2. The van der Waals surface area contributed by atoms with Gasteiger partial charge in [0.1, 0.15) is 0 Å². The summed E-state index contributed by atoms with van der Waals surface area (Å²) in [7, 11) is 0. The van der Waals surface area contributed by atoms with Crippen molar-refractivity contribution in [1.82, 2.24) is 0 Å².